The van der Waals surface area contributed by atoms with Crippen LogP contribution in [0, 0.1) is 6.92 Å². The van der Waals surface area contributed by atoms with E-state index in [4.69, 9.17) is 10.5 Å². The average molecular weight is 262 g/mol. The zero-order valence-electron chi connectivity index (χ0n) is 10.4. The molecule has 1 rings (SSSR count). The number of ether oxygens (including phenoxy) is 1. The second-order valence-corrected chi connectivity index (χ2v) is 5.55. The van der Waals surface area contributed by atoms with Crippen LogP contribution in [-0.2, 0) is 21.8 Å². The SMILES string of the molecule is COCC(C)NS(=O)(=O)c1c(N)nn(C)c1C. The summed E-state index contributed by atoms with van der Waals surface area (Å²) >= 11 is 0. The molecule has 0 saturated heterocycles. The van der Waals surface area contributed by atoms with Crippen molar-refractivity contribution in [1.29, 1.82) is 0 Å². The zero-order valence-corrected chi connectivity index (χ0v) is 11.2. The third-order valence-corrected chi connectivity index (χ3v) is 4.10. The summed E-state index contributed by atoms with van der Waals surface area (Å²) in [5.74, 6) is 0.00196. The van der Waals surface area contributed by atoms with Crippen LogP contribution < -0.4 is 10.5 Å². The molecule has 8 heteroatoms. The number of anilines is 1. The van der Waals surface area contributed by atoms with Gasteiger partial charge >= 0.3 is 0 Å². The standard InChI is InChI=1S/C9H18N4O3S/c1-6(5-16-4)12-17(14,15)8-7(2)13(3)11-9(8)10/h6,12H,5H2,1-4H3,(H2,10,11). The number of nitrogens with two attached hydrogens (primary N) is 1. The third-order valence-electron chi connectivity index (χ3n) is 2.35. The molecule has 17 heavy (non-hydrogen) atoms. The molecule has 0 spiro atoms. The maximum Gasteiger partial charge on any atom is 0.246 e. The van der Waals surface area contributed by atoms with Crippen LogP contribution >= 0.6 is 0 Å². The molecule has 1 atom stereocenters. The molecule has 0 aromatic carbocycles. The van der Waals surface area contributed by atoms with Crippen LogP contribution in [0.15, 0.2) is 4.90 Å². The van der Waals surface area contributed by atoms with Gasteiger partial charge in [-0.2, -0.15) is 5.10 Å². The number of nitrogen functional groups attached to an aromatic ring is 1. The molecule has 1 aromatic heterocycles. The van der Waals surface area contributed by atoms with Crippen LogP contribution in [-0.4, -0.2) is 38.0 Å². The van der Waals surface area contributed by atoms with Crippen LogP contribution in [0.3, 0.4) is 0 Å². The van der Waals surface area contributed by atoms with Gasteiger partial charge in [0.25, 0.3) is 0 Å². The number of nitrogens with one attached hydrogen (secondary N) is 1. The highest BCUT2D eigenvalue weighted by Crippen LogP contribution is 2.21. The highest BCUT2D eigenvalue weighted by atomic mass is 32.2. The highest BCUT2D eigenvalue weighted by molar-refractivity contribution is 7.89. The van der Waals surface area contributed by atoms with E-state index in [0.717, 1.165) is 0 Å². The molecule has 1 unspecified atom stereocenters. The Morgan fingerprint density at radius 1 is 1.59 bits per heavy atom. The first-order chi connectivity index (χ1) is 7.79. The van der Waals surface area contributed by atoms with Crippen molar-refractivity contribution in [1.82, 2.24) is 14.5 Å². The van der Waals surface area contributed by atoms with Gasteiger partial charge in [0, 0.05) is 20.2 Å². The first-order valence-corrected chi connectivity index (χ1v) is 6.58. The quantitative estimate of drug-likeness (QED) is 0.754. The monoisotopic (exact) mass is 262 g/mol. The van der Waals surface area contributed by atoms with Crippen molar-refractivity contribution in [3.63, 3.8) is 0 Å². The van der Waals surface area contributed by atoms with Gasteiger partial charge in [-0.15, -0.1) is 0 Å². The summed E-state index contributed by atoms with van der Waals surface area (Å²) in [7, 11) is -0.510. The summed E-state index contributed by atoms with van der Waals surface area (Å²) in [6.07, 6.45) is 0. The Kier molecular flexibility index (Phi) is 4.12. The number of methoxy groups -OCH3 is 1. The number of hydrogen-bond acceptors (Lipinski definition) is 5. The second-order valence-electron chi connectivity index (χ2n) is 3.90. The highest BCUT2D eigenvalue weighted by Gasteiger charge is 2.25. The summed E-state index contributed by atoms with van der Waals surface area (Å²) in [5.41, 5.74) is 6.10. The van der Waals surface area contributed by atoms with Gasteiger partial charge in [-0.3, -0.25) is 4.68 Å². The van der Waals surface area contributed by atoms with Gasteiger partial charge in [0.2, 0.25) is 10.0 Å². The fraction of sp³-hybridized carbons (Fsp3) is 0.667. The minimum atomic E-state index is -3.66. The predicted molar refractivity (Wildman–Crippen MR) is 64.0 cm³/mol. The number of aromatic nitrogens is 2. The van der Waals surface area contributed by atoms with Crippen molar-refractivity contribution in [2.24, 2.45) is 7.05 Å². The van der Waals surface area contributed by atoms with Crippen molar-refractivity contribution in [3.05, 3.63) is 5.69 Å². The number of hydrogen-bond donors (Lipinski definition) is 2. The van der Waals surface area contributed by atoms with E-state index in [1.807, 2.05) is 0 Å². The Balaban J connectivity index is 3.05. The predicted octanol–water partition coefficient (Wildman–Crippen LogP) is -0.376. The van der Waals surface area contributed by atoms with Gasteiger partial charge in [-0.25, -0.2) is 13.1 Å². The summed E-state index contributed by atoms with van der Waals surface area (Å²) in [5, 5.41) is 3.87. The number of rotatable bonds is 5. The Morgan fingerprint density at radius 3 is 2.59 bits per heavy atom. The first kappa shape index (κ1) is 13.9. The topological polar surface area (TPSA) is 99.2 Å². The van der Waals surface area contributed by atoms with Crippen molar-refractivity contribution < 1.29 is 13.2 Å². The van der Waals surface area contributed by atoms with Crippen LogP contribution in [0.5, 0.6) is 0 Å². The third kappa shape index (κ3) is 2.96. The fourth-order valence-corrected chi connectivity index (χ4v) is 3.11. The average Bonchev–Trinajstić information content (AvgIpc) is 2.40. The lowest BCUT2D eigenvalue weighted by Gasteiger charge is -2.13. The number of sulfonamides is 1. The maximum atomic E-state index is 12.1. The molecular weight excluding hydrogens is 244 g/mol. The maximum absolute atomic E-state index is 12.1. The van der Waals surface area contributed by atoms with Crippen LogP contribution in [0.2, 0.25) is 0 Å². The molecule has 0 radical (unpaired) electrons. The van der Waals surface area contributed by atoms with Crippen molar-refractivity contribution in [2.75, 3.05) is 19.5 Å². The zero-order chi connectivity index (χ0) is 13.2. The molecule has 0 bridgehead atoms. The summed E-state index contributed by atoms with van der Waals surface area (Å²) < 4.78 is 32.9. The molecule has 7 nitrogen and oxygen atoms in total. The van der Waals surface area contributed by atoms with E-state index < -0.39 is 10.0 Å². The number of nitrogens with zero attached hydrogens (tertiary/aromatic N) is 2. The molecule has 0 amide bonds. The normalized spacial score (nSPS) is 13.9. The molecule has 0 fully saturated rings. The van der Waals surface area contributed by atoms with E-state index in [1.165, 1.54) is 11.8 Å². The molecule has 3 N–H and O–H groups in total. The van der Waals surface area contributed by atoms with Gasteiger partial charge in [-0.05, 0) is 13.8 Å². The van der Waals surface area contributed by atoms with Crippen molar-refractivity contribution >= 4 is 15.8 Å². The molecule has 1 aromatic rings. The summed E-state index contributed by atoms with van der Waals surface area (Å²) in [6.45, 7) is 3.65. The van der Waals surface area contributed by atoms with Gasteiger partial charge in [-0.1, -0.05) is 0 Å². The van der Waals surface area contributed by atoms with E-state index in [9.17, 15) is 8.42 Å². The van der Waals surface area contributed by atoms with E-state index in [-0.39, 0.29) is 16.8 Å². The molecule has 0 saturated carbocycles. The molecule has 0 aliphatic heterocycles. The Labute approximate surface area is 101 Å². The van der Waals surface area contributed by atoms with Crippen LogP contribution in [0.4, 0.5) is 5.82 Å². The number of aryl methyl sites for hydroxylation is 1. The minimum Gasteiger partial charge on any atom is -0.383 e. The largest absolute Gasteiger partial charge is 0.383 e. The lowest BCUT2D eigenvalue weighted by Crippen LogP contribution is -2.36. The molecule has 1 heterocycles. The Morgan fingerprint density at radius 2 is 2.18 bits per heavy atom. The Hall–Kier alpha value is -1.12. The van der Waals surface area contributed by atoms with Gasteiger partial charge < -0.3 is 10.5 Å². The first-order valence-electron chi connectivity index (χ1n) is 5.10. The van der Waals surface area contributed by atoms with Gasteiger partial charge in [0.15, 0.2) is 5.82 Å². The molecule has 98 valence electrons. The van der Waals surface area contributed by atoms with E-state index in [1.54, 1.807) is 20.9 Å². The van der Waals surface area contributed by atoms with Gasteiger partial charge in [0.05, 0.1) is 12.3 Å². The second kappa shape index (κ2) is 5.03. The van der Waals surface area contributed by atoms with E-state index in [2.05, 4.69) is 9.82 Å². The smallest absolute Gasteiger partial charge is 0.246 e. The molecule has 0 aliphatic carbocycles. The molecule has 0 aliphatic rings. The van der Waals surface area contributed by atoms with Crippen molar-refractivity contribution in [3.8, 4) is 0 Å². The van der Waals surface area contributed by atoms with Crippen molar-refractivity contribution in [2.45, 2.75) is 24.8 Å². The Bertz CT molecular complexity index is 495. The van der Waals surface area contributed by atoms with Gasteiger partial charge in [0.1, 0.15) is 4.90 Å². The summed E-state index contributed by atoms with van der Waals surface area (Å²) in [4.78, 5) is 0.0305. The fourth-order valence-electron chi connectivity index (χ4n) is 1.55. The minimum absolute atomic E-state index is 0.00196. The lowest BCUT2D eigenvalue weighted by atomic mass is 10.4. The summed E-state index contributed by atoms with van der Waals surface area (Å²) in [6, 6.07) is -0.330. The lowest BCUT2D eigenvalue weighted by molar-refractivity contribution is 0.180. The van der Waals surface area contributed by atoms with Crippen LogP contribution in [0.1, 0.15) is 12.6 Å². The van der Waals surface area contributed by atoms with E-state index >= 15 is 0 Å². The van der Waals surface area contributed by atoms with E-state index in [0.29, 0.717) is 12.3 Å². The molecular formula is C9H18N4O3S. The van der Waals surface area contributed by atoms with Crippen LogP contribution in [0.25, 0.3) is 0 Å².